The summed E-state index contributed by atoms with van der Waals surface area (Å²) in [5, 5.41) is 3.70. The van der Waals surface area contributed by atoms with Gasteiger partial charge in [0.05, 0.1) is 11.0 Å². The highest BCUT2D eigenvalue weighted by Crippen LogP contribution is 2.35. The second-order valence-electron chi connectivity index (χ2n) is 5.84. The molecule has 2 aromatic rings. The van der Waals surface area contributed by atoms with Gasteiger partial charge >= 0.3 is 0 Å². The average molecular weight is 269 g/mol. The van der Waals surface area contributed by atoms with Gasteiger partial charge in [0, 0.05) is 18.4 Å². The fourth-order valence-corrected chi connectivity index (χ4v) is 2.91. The van der Waals surface area contributed by atoms with Crippen LogP contribution in [0, 0.1) is 5.92 Å². The molecule has 0 radical (unpaired) electrons. The molecule has 20 heavy (non-hydrogen) atoms. The quantitative estimate of drug-likeness (QED) is 0.865. The second-order valence-corrected chi connectivity index (χ2v) is 5.84. The molecule has 106 valence electrons. The highest BCUT2D eigenvalue weighted by Gasteiger charge is 2.23. The van der Waals surface area contributed by atoms with Gasteiger partial charge in [-0.15, -0.1) is 0 Å². The van der Waals surface area contributed by atoms with E-state index in [0.29, 0.717) is 6.04 Å². The summed E-state index contributed by atoms with van der Waals surface area (Å²) in [6.07, 6.45) is 10.2. The van der Waals surface area contributed by atoms with Crippen LogP contribution in [0.1, 0.15) is 50.6 Å². The van der Waals surface area contributed by atoms with E-state index in [0.717, 1.165) is 23.5 Å². The Morgan fingerprint density at radius 3 is 2.70 bits per heavy atom. The number of nitrogens with one attached hydrogen (secondary N) is 1. The smallest absolute Gasteiger partial charge is 0.0890 e. The minimum Gasteiger partial charge on any atom is -0.310 e. The molecule has 3 heteroatoms. The van der Waals surface area contributed by atoms with Crippen LogP contribution in [0.25, 0.3) is 11.0 Å². The molecule has 1 heterocycles. The van der Waals surface area contributed by atoms with Crippen LogP contribution >= 0.6 is 0 Å². The van der Waals surface area contributed by atoms with Gasteiger partial charge < -0.3 is 5.32 Å². The van der Waals surface area contributed by atoms with Crippen molar-refractivity contribution in [3.63, 3.8) is 0 Å². The summed E-state index contributed by atoms with van der Waals surface area (Å²) in [6, 6.07) is 6.97. The monoisotopic (exact) mass is 269 g/mol. The Hall–Kier alpha value is -1.48. The lowest BCUT2D eigenvalue weighted by molar-refractivity contribution is 0.261. The highest BCUT2D eigenvalue weighted by atomic mass is 14.9. The number of hydrogen-bond donors (Lipinski definition) is 1. The molecule has 1 N–H and O–H groups in total. The third-order valence-electron chi connectivity index (χ3n) is 4.33. The van der Waals surface area contributed by atoms with E-state index >= 15 is 0 Å². The third-order valence-corrected chi connectivity index (χ3v) is 4.33. The van der Waals surface area contributed by atoms with Gasteiger partial charge in [-0.25, -0.2) is 0 Å². The SMILES string of the molecule is CCCNC(CC1CCC1)c1ccc2nccnc2c1. The van der Waals surface area contributed by atoms with Gasteiger partial charge in [-0.05, 0) is 43.0 Å². The van der Waals surface area contributed by atoms with Crippen molar-refractivity contribution in [3.05, 3.63) is 36.2 Å². The lowest BCUT2D eigenvalue weighted by atomic mass is 9.79. The summed E-state index contributed by atoms with van der Waals surface area (Å²) in [7, 11) is 0. The van der Waals surface area contributed by atoms with Gasteiger partial charge in [0.2, 0.25) is 0 Å². The zero-order chi connectivity index (χ0) is 13.8. The highest BCUT2D eigenvalue weighted by molar-refractivity contribution is 5.74. The lowest BCUT2D eigenvalue weighted by Crippen LogP contribution is -2.26. The molecule has 1 unspecified atom stereocenters. The Balaban J connectivity index is 1.82. The molecule has 1 aromatic heterocycles. The van der Waals surface area contributed by atoms with Crippen LogP contribution in [0.3, 0.4) is 0 Å². The topological polar surface area (TPSA) is 37.8 Å². The van der Waals surface area contributed by atoms with Gasteiger partial charge in [-0.3, -0.25) is 9.97 Å². The summed E-state index contributed by atoms with van der Waals surface area (Å²) < 4.78 is 0. The first-order valence-corrected chi connectivity index (χ1v) is 7.81. The van der Waals surface area contributed by atoms with Crippen LogP contribution < -0.4 is 5.32 Å². The molecule has 0 aliphatic heterocycles. The summed E-state index contributed by atoms with van der Waals surface area (Å²) in [5.74, 6) is 0.905. The van der Waals surface area contributed by atoms with Crippen LogP contribution in [-0.4, -0.2) is 16.5 Å². The maximum atomic E-state index is 4.43. The molecule has 0 spiro atoms. The third kappa shape index (κ3) is 2.98. The second kappa shape index (κ2) is 6.31. The van der Waals surface area contributed by atoms with E-state index in [1.807, 2.05) is 0 Å². The zero-order valence-electron chi connectivity index (χ0n) is 12.2. The van der Waals surface area contributed by atoms with Crippen LogP contribution in [0.5, 0.6) is 0 Å². The predicted octanol–water partition coefficient (Wildman–Crippen LogP) is 3.86. The molecule has 1 aliphatic rings. The summed E-state index contributed by atoms with van der Waals surface area (Å²) >= 11 is 0. The van der Waals surface area contributed by atoms with Crippen molar-refractivity contribution in [2.75, 3.05) is 6.54 Å². The van der Waals surface area contributed by atoms with Gasteiger partial charge in [0.15, 0.2) is 0 Å². The van der Waals surface area contributed by atoms with Crippen molar-refractivity contribution in [2.45, 2.75) is 45.1 Å². The number of aromatic nitrogens is 2. The van der Waals surface area contributed by atoms with E-state index in [1.165, 1.54) is 37.7 Å². The summed E-state index contributed by atoms with van der Waals surface area (Å²) in [6.45, 7) is 3.30. The molecule has 1 aliphatic carbocycles. The number of benzene rings is 1. The van der Waals surface area contributed by atoms with Crippen molar-refractivity contribution >= 4 is 11.0 Å². The van der Waals surface area contributed by atoms with Crippen LogP contribution in [-0.2, 0) is 0 Å². The van der Waals surface area contributed by atoms with Gasteiger partial charge in [0.1, 0.15) is 0 Å². The van der Waals surface area contributed by atoms with Gasteiger partial charge in [-0.1, -0.05) is 32.3 Å². The fourth-order valence-electron chi connectivity index (χ4n) is 2.91. The molecule has 0 bridgehead atoms. The first-order valence-electron chi connectivity index (χ1n) is 7.81. The largest absolute Gasteiger partial charge is 0.310 e. The molecule has 3 rings (SSSR count). The van der Waals surface area contributed by atoms with Gasteiger partial charge in [0.25, 0.3) is 0 Å². The Morgan fingerprint density at radius 1 is 1.20 bits per heavy atom. The maximum Gasteiger partial charge on any atom is 0.0890 e. The van der Waals surface area contributed by atoms with Crippen molar-refractivity contribution in [3.8, 4) is 0 Å². The Bertz CT molecular complexity index is 563. The average Bonchev–Trinajstić information content (AvgIpc) is 2.45. The normalized spacial score (nSPS) is 17.1. The summed E-state index contributed by atoms with van der Waals surface area (Å²) in [5.41, 5.74) is 3.34. The van der Waals surface area contributed by atoms with Crippen molar-refractivity contribution in [1.29, 1.82) is 0 Å². The molecule has 3 nitrogen and oxygen atoms in total. The van der Waals surface area contributed by atoms with E-state index in [1.54, 1.807) is 12.4 Å². The molecule has 1 atom stereocenters. The van der Waals surface area contributed by atoms with E-state index in [2.05, 4.69) is 40.4 Å². The number of hydrogen-bond acceptors (Lipinski definition) is 3. The molecular formula is C17H23N3. The molecule has 1 aromatic carbocycles. The predicted molar refractivity (Wildman–Crippen MR) is 82.5 cm³/mol. The minimum absolute atomic E-state index is 0.464. The first kappa shape index (κ1) is 13.5. The number of nitrogens with zero attached hydrogens (tertiary/aromatic N) is 2. The molecular weight excluding hydrogens is 246 g/mol. The minimum atomic E-state index is 0.464. The zero-order valence-corrected chi connectivity index (χ0v) is 12.2. The lowest BCUT2D eigenvalue weighted by Gasteiger charge is -2.30. The van der Waals surface area contributed by atoms with Crippen LogP contribution in [0.2, 0.25) is 0 Å². The molecule has 0 saturated heterocycles. The van der Waals surface area contributed by atoms with Crippen molar-refractivity contribution < 1.29 is 0 Å². The molecule has 1 saturated carbocycles. The van der Waals surface area contributed by atoms with Crippen LogP contribution in [0.4, 0.5) is 0 Å². The van der Waals surface area contributed by atoms with E-state index < -0.39 is 0 Å². The van der Waals surface area contributed by atoms with E-state index in [-0.39, 0.29) is 0 Å². The van der Waals surface area contributed by atoms with Crippen molar-refractivity contribution in [1.82, 2.24) is 15.3 Å². The Kier molecular flexibility index (Phi) is 4.26. The summed E-state index contributed by atoms with van der Waals surface area (Å²) in [4.78, 5) is 8.78. The standard InChI is InChI=1S/C17H23N3/c1-2-8-18-16(11-13-4-3-5-13)14-6-7-15-17(12-14)20-10-9-19-15/h6-7,9-10,12-13,16,18H,2-5,8,11H2,1H3. The number of fused-ring (bicyclic) bond motifs is 1. The van der Waals surface area contributed by atoms with Crippen molar-refractivity contribution in [2.24, 2.45) is 5.92 Å². The van der Waals surface area contributed by atoms with E-state index in [9.17, 15) is 0 Å². The first-order chi connectivity index (χ1) is 9.86. The van der Waals surface area contributed by atoms with Crippen LogP contribution in [0.15, 0.2) is 30.6 Å². The Morgan fingerprint density at radius 2 is 2.00 bits per heavy atom. The van der Waals surface area contributed by atoms with E-state index in [4.69, 9.17) is 0 Å². The van der Waals surface area contributed by atoms with Gasteiger partial charge in [-0.2, -0.15) is 0 Å². The maximum absolute atomic E-state index is 4.43. The molecule has 1 fully saturated rings. The Labute approximate surface area is 120 Å². The molecule has 0 amide bonds. The number of rotatable bonds is 6. The fraction of sp³-hybridized carbons (Fsp3) is 0.529.